The van der Waals surface area contributed by atoms with Crippen LogP contribution < -0.4 is 5.73 Å². The molecule has 1 fully saturated rings. The first-order valence-corrected chi connectivity index (χ1v) is 7.89. The number of rotatable bonds is 2. The van der Waals surface area contributed by atoms with E-state index in [1.54, 1.807) is 0 Å². The Labute approximate surface area is 123 Å². The first-order chi connectivity index (χ1) is 10.3. The van der Waals surface area contributed by atoms with Gasteiger partial charge in [-0.2, -0.15) is 5.10 Å². The highest BCUT2D eigenvalue weighted by molar-refractivity contribution is 6.06. The predicted molar refractivity (Wildman–Crippen MR) is 85.1 cm³/mol. The fourth-order valence-electron chi connectivity index (χ4n) is 3.87. The number of hydrogen-bond acceptors (Lipinski definition) is 3. The Kier molecular flexibility index (Phi) is 2.87. The highest BCUT2D eigenvalue weighted by Gasteiger charge is 2.28. The molecule has 0 radical (unpaired) electrons. The van der Waals surface area contributed by atoms with Crippen LogP contribution in [0.2, 0.25) is 0 Å². The predicted octanol–water partition coefficient (Wildman–Crippen LogP) is 3.64. The largest absolute Gasteiger partial charge is 0.382 e. The van der Waals surface area contributed by atoms with Gasteiger partial charge in [0.2, 0.25) is 0 Å². The molecule has 5 nitrogen and oxygen atoms in total. The third-order valence-corrected chi connectivity index (χ3v) is 4.99. The lowest BCUT2D eigenvalue weighted by atomic mass is 9.83. The molecule has 0 aromatic carbocycles. The van der Waals surface area contributed by atoms with Gasteiger partial charge in [-0.15, -0.1) is 0 Å². The van der Waals surface area contributed by atoms with E-state index in [2.05, 4.69) is 32.7 Å². The molecule has 0 bridgehead atoms. The molecule has 0 amide bonds. The number of anilines is 1. The van der Waals surface area contributed by atoms with Gasteiger partial charge >= 0.3 is 0 Å². The Morgan fingerprint density at radius 1 is 1.33 bits per heavy atom. The summed E-state index contributed by atoms with van der Waals surface area (Å²) in [5.41, 5.74) is 8.20. The van der Waals surface area contributed by atoms with Gasteiger partial charge in [0.1, 0.15) is 5.65 Å². The number of aromatic amines is 1. The normalized spacial score (nSPS) is 23.1. The number of aromatic nitrogens is 4. The molecule has 4 rings (SSSR count). The van der Waals surface area contributed by atoms with Gasteiger partial charge in [-0.25, -0.2) is 4.98 Å². The number of pyridine rings is 1. The Hall–Kier alpha value is -2.04. The molecule has 1 saturated carbocycles. The Morgan fingerprint density at radius 3 is 3.05 bits per heavy atom. The van der Waals surface area contributed by atoms with Crippen LogP contribution in [0.15, 0.2) is 18.5 Å². The third kappa shape index (κ3) is 1.83. The molecule has 2 atom stereocenters. The lowest BCUT2D eigenvalue weighted by molar-refractivity contribution is 0.223. The van der Waals surface area contributed by atoms with E-state index in [0.717, 1.165) is 21.9 Å². The van der Waals surface area contributed by atoms with Crippen molar-refractivity contribution in [1.29, 1.82) is 0 Å². The van der Waals surface area contributed by atoms with Gasteiger partial charge in [0, 0.05) is 17.8 Å². The van der Waals surface area contributed by atoms with E-state index >= 15 is 0 Å². The van der Waals surface area contributed by atoms with E-state index in [-0.39, 0.29) is 0 Å². The SMILES string of the molecule is CC[C@@H]1CCCC[C@@H]1n1nc(N)c2cnc3[nH]ccc3c21. The summed E-state index contributed by atoms with van der Waals surface area (Å²) in [6.45, 7) is 2.28. The summed E-state index contributed by atoms with van der Waals surface area (Å²) in [5, 5.41) is 6.78. The Bertz CT molecular complexity index is 785. The smallest absolute Gasteiger partial charge is 0.154 e. The van der Waals surface area contributed by atoms with Crippen LogP contribution >= 0.6 is 0 Å². The van der Waals surface area contributed by atoms with Crippen molar-refractivity contribution in [2.24, 2.45) is 5.92 Å². The summed E-state index contributed by atoms with van der Waals surface area (Å²) in [7, 11) is 0. The number of fused-ring (bicyclic) bond motifs is 3. The maximum absolute atomic E-state index is 6.15. The summed E-state index contributed by atoms with van der Waals surface area (Å²) >= 11 is 0. The van der Waals surface area contributed by atoms with Gasteiger partial charge in [-0.05, 0) is 24.8 Å². The fraction of sp³-hybridized carbons (Fsp3) is 0.500. The average Bonchev–Trinajstić information content (AvgIpc) is 3.11. The zero-order chi connectivity index (χ0) is 14.4. The summed E-state index contributed by atoms with van der Waals surface area (Å²) in [6, 6.07) is 2.54. The van der Waals surface area contributed by atoms with Crippen molar-refractivity contribution in [3.8, 4) is 0 Å². The van der Waals surface area contributed by atoms with Crippen molar-refractivity contribution >= 4 is 27.8 Å². The molecule has 3 aromatic rings. The van der Waals surface area contributed by atoms with Crippen LogP contribution in [0.1, 0.15) is 45.1 Å². The highest BCUT2D eigenvalue weighted by Crippen LogP contribution is 2.39. The molecular formula is C16H21N5. The van der Waals surface area contributed by atoms with Crippen molar-refractivity contribution in [3.63, 3.8) is 0 Å². The molecule has 3 N–H and O–H groups in total. The Morgan fingerprint density at radius 2 is 2.19 bits per heavy atom. The van der Waals surface area contributed by atoms with Gasteiger partial charge in [-0.1, -0.05) is 26.2 Å². The molecule has 1 aliphatic carbocycles. The summed E-state index contributed by atoms with van der Waals surface area (Å²) in [6.07, 6.45) is 10.1. The number of hydrogen-bond donors (Lipinski definition) is 2. The second-order valence-electron chi connectivity index (χ2n) is 6.11. The Balaban J connectivity index is 1.97. The monoisotopic (exact) mass is 283 g/mol. The maximum Gasteiger partial charge on any atom is 0.154 e. The first-order valence-electron chi connectivity index (χ1n) is 7.89. The van der Waals surface area contributed by atoms with Crippen molar-refractivity contribution in [2.75, 3.05) is 5.73 Å². The first kappa shape index (κ1) is 12.7. The molecule has 5 heteroatoms. The van der Waals surface area contributed by atoms with Crippen LogP contribution in [-0.2, 0) is 0 Å². The van der Waals surface area contributed by atoms with Crippen LogP contribution in [0.25, 0.3) is 21.9 Å². The van der Waals surface area contributed by atoms with Crippen LogP contribution in [0, 0.1) is 5.92 Å². The minimum Gasteiger partial charge on any atom is -0.382 e. The number of nitrogens with one attached hydrogen (secondary N) is 1. The van der Waals surface area contributed by atoms with Gasteiger partial charge in [0.05, 0.1) is 16.9 Å². The van der Waals surface area contributed by atoms with E-state index in [0.29, 0.717) is 17.8 Å². The van der Waals surface area contributed by atoms with E-state index in [1.807, 2.05) is 12.4 Å². The minimum atomic E-state index is 0.462. The zero-order valence-electron chi connectivity index (χ0n) is 12.3. The molecule has 1 aliphatic rings. The molecule has 3 heterocycles. The second kappa shape index (κ2) is 4.76. The number of nitrogen functional groups attached to an aromatic ring is 1. The second-order valence-corrected chi connectivity index (χ2v) is 6.11. The molecule has 3 aromatic heterocycles. The van der Waals surface area contributed by atoms with Crippen LogP contribution in [0.3, 0.4) is 0 Å². The van der Waals surface area contributed by atoms with Crippen LogP contribution in [0.4, 0.5) is 5.82 Å². The fourth-order valence-corrected chi connectivity index (χ4v) is 3.87. The molecule has 21 heavy (non-hydrogen) atoms. The van der Waals surface area contributed by atoms with Gasteiger partial charge in [-0.3, -0.25) is 4.68 Å². The van der Waals surface area contributed by atoms with E-state index in [4.69, 9.17) is 5.73 Å². The van der Waals surface area contributed by atoms with Gasteiger partial charge in [0.15, 0.2) is 5.82 Å². The van der Waals surface area contributed by atoms with Crippen molar-refractivity contribution in [1.82, 2.24) is 19.7 Å². The number of nitrogens with two attached hydrogens (primary N) is 1. The van der Waals surface area contributed by atoms with Crippen molar-refractivity contribution in [3.05, 3.63) is 18.5 Å². The van der Waals surface area contributed by atoms with Crippen LogP contribution in [-0.4, -0.2) is 19.7 Å². The van der Waals surface area contributed by atoms with E-state index < -0.39 is 0 Å². The van der Waals surface area contributed by atoms with E-state index in [1.165, 1.54) is 32.1 Å². The molecule has 0 unspecified atom stereocenters. The minimum absolute atomic E-state index is 0.462. The van der Waals surface area contributed by atoms with E-state index in [9.17, 15) is 0 Å². The van der Waals surface area contributed by atoms with Gasteiger partial charge < -0.3 is 10.7 Å². The zero-order valence-corrected chi connectivity index (χ0v) is 12.3. The molecule has 0 aliphatic heterocycles. The van der Waals surface area contributed by atoms with Crippen molar-refractivity contribution < 1.29 is 0 Å². The quantitative estimate of drug-likeness (QED) is 0.754. The highest BCUT2D eigenvalue weighted by atomic mass is 15.3. The lowest BCUT2D eigenvalue weighted by Gasteiger charge is -2.31. The van der Waals surface area contributed by atoms with Gasteiger partial charge in [0.25, 0.3) is 0 Å². The summed E-state index contributed by atoms with van der Waals surface area (Å²) in [4.78, 5) is 7.62. The lowest BCUT2D eigenvalue weighted by Crippen LogP contribution is -2.23. The maximum atomic E-state index is 6.15. The average molecular weight is 283 g/mol. The topological polar surface area (TPSA) is 72.5 Å². The molecule has 0 spiro atoms. The number of nitrogens with zero attached hydrogens (tertiary/aromatic N) is 3. The van der Waals surface area contributed by atoms with Crippen molar-refractivity contribution in [2.45, 2.75) is 45.1 Å². The summed E-state index contributed by atoms with van der Waals surface area (Å²) < 4.78 is 2.19. The molecule has 0 saturated heterocycles. The molecule has 110 valence electrons. The molecular weight excluding hydrogens is 262 g/mol. The number of H-pyrrole nitrogens is 1. The standard InChI is InChI=1S/C16H21N5/c1-2-10-5-3-4-6-13(10)21-14-11-7-8-18-16(11)19-9-12(14)15(17)20-21/h7-10,13H,2-6H2,1H3,(H2,17,20)(H,18,19)/t10-,13+/m1/s1. The van der Waals surface area contributed by atoms with Crippen LogP contribution in [0.5, 0.6) is 0 Å². The summed E-state index contributed by atoms with van der Waals surface area (Å²) in [5.74, 6) is 1.30. The third-order valence-electron chi connectivity index (χ3n) is 4.99.